The minimum atomic E-state index is -3.41. The Morgan fingerprint density at radius 3 is 1.62 bits per heavy atom. The predicted octanol–water partition coefficient (Wildman–Crippen LogP) is 4.51. The van der Waals surface area contributed by atoms with Crippen molar-refractivity contribution in [3.63, 3.8) is 0 Å². The van der Waals surface area contributed by atoms with Crippen LogP contribution < -0.4 is 0 Å². The van der Waals surface area contributed by atoms with Crippen molar-refractivity contribution in [3.05, 3.63) is 89.5 Å². The molecule has 0 saturated heterocycles. The van der Waals surface area contributed by atoms with Gasteiger partial charge in [-0.15, -0.1) is 0 Å². The fourth-order valence-corrected chi connectivity index (χ4v) is 4.22. The zero-order valence-corrected chi connectivity index (χ0v) is 15.5. The number of hydrogen-bond donors (Lipinski definition) is 0. The minimum absolute atomic E-state index is 0.303. The van der Waals surface area contributed by atoms with Gasteiger partial charge in [0.25, 0.3) is 0 Å². The summed E-state index contributed by atoms with van der Waals surface area (Å²) in [5, 5.41) is 0. The lowest BCUT2D eigenvalue weighted by atomic mass is 10.0. The molecule has 0 atom stereocenters. The van der Waals surface area contributed by atoms with Crippen molar-refractivity contribution in [3.8, 4) is 11.1 Å². The van der Waals surface area contributed by atoms with Crippen LogP contribution in [0.15, 0.2) is 77.7 Å². The maximum absolute atomic E-state index is 12.2. The zero-order valence-electron chi connectivity index (χ0n) is 14.7. The predicted molar refractivity (Wildman–Crippen MR) is 106 cm³/mol. The van der Waals surface area contributed by atoms with Crippen LogP contribution >= 0.6 is 0 Å². The van der Waals surface area contributed by atoms with Crippen molar-refractivity contribution in [2.75, 3.05) is 14.1 Å². The third-order valence-corrected chi connectivity index (χ3v) is 6.52. The summed E-state index contributed by atoms with van der Waals surface area (Å²) in [6, 6.07) is 23.8. The molecule has 0 aromatic heterocycles. The molecule has 0 fully saturated rings. The molecule has 26 heavy (non-hydrogen) atoms. The van der Waals surface area contributed by atoms with Crippen LogP contribution in [-0.4, -0.2) is 26.8 Å². The van der Waals surface area contributed by atoms with Gasteiger partial charge in [-0.3, -0.25) is 0 Å². The molecule has 130 valence electrons. The van der Waals surface area contributed by atoms with Gasteiger partial charge in [0.2, 0.25) is 10.0 Å². The monoisotopic (exact) mass is 361 g/mol. The van der Waals surface area contributed by atoms with Gasteiger partial charge in [0.1, 0.15) is 0 Å². The van der Waals surface area contributed by atoms with Gasteiger partial charge in [-0.25, -0.2) is 12.7 Å². The second kappa shape index (κ2) is 6.24. The Morgan fingerprint density at radius 2 is 1.15 bits per heavy atom. The largest absolute Gasteiger partial charge is 0.242 e. The van der Waals surface area contributed by atoms with E-state index >= 15 is 0 Å². The summed E-state index contributed by atoms with van der Waals surface area (Å²) in [5.74, 6) is 0. The lowest BCUT2D eigenvalue weighted by Gasteiger charge is -2.11. The molecule has 0 heterocycles. The standard InChI is InChI=1S/C22H19NO2S/c1-23(2)26(24,25)17-13-11-16(12-14-17)15-22-20-9-5-3-7-18(20)19-8-4-6-10-21(19)22/h3-15H,1-2H3. The highest BCUT2D eigenvalue weighted by atomic mass is 32.2. The van der Waals surface area contributed by atoms with Crippen molar-refractivity contribution in [2.45, 2.75) is 4.90 Å². The van der Waals surface area contributed by atoms with Crippen LogP contribution in [0.2, 0.25) is 0 Å². The number of nitrogens with zero attached hydrogens (tertiary/aromatic N) is 1. The van der Waals surface area contributed by atoms with Gasteiger partial charge in [-0.05, 0) is 51.6 Å². The number of fused-ring (bicyclic) bond motifs is 3. The van der Waals surface area contributed by atoms with E-state index in [0.717, 1.165) is 5.56 Å². The van der Waals surface area contributed by atoms with Gasteiger partial charge in [0.15, 0.2) is 0 Å². The Hall–Kier alpha value is -2.69. The Balaban J connectivity index is 1.80. The summed E-state index contributed by atoms with van der Waals surface area (Å²) < 4.78 is 25.7. The van der Waals surface area contributed by atoms with E-state index in [4.69, 9.17) is 0 Å². The molecule has 0 spiro atoms. The highest BCUT2D eigenvalue weighted by Crippen LogP contribution is 2.44. The fourth-order valence-electron chi connectivity index (χ4n) is 3.32. The van der Waals surface area contributed by atoms with Gasteiger partial charge < -0.3 is 0 Å². The summed E-state index contributed by atoms with van der Waals surface area (Å²) in [5.41, 5.74) is 7.03. The summed E-state index contributed by atoms with van der Waals surface area (Å²) in [4.78, 5) is 0.303. The summed E-state index contributed by atoms with van der Waals surface area (Å²) >= 11 is 0. The molecule has 1 aliphatic carbocycles. The highest BCUT2D eigenvalue weighted by Gasteiger charge is 2.22. The van der Waals surface area contributed by atoms with Gasteiger partial charge in [0.05, 0.1) is 4.90 Å². The zero-order chi connectivity index (χ0) is 18.3. The van der Waals surface area contributed by atoms with Gasteiger partial charge >= 0.3 is 0 Å². The molecular formula is C22H19NO2S. The van der Waals surface area contributed by atoms with E-state index in [0.29, 0.717) is 4.90 Å². The first-order valence-electron chi connectivity index (χ1n) is 8.42. The molecule has 0 aliphatic heterocycles. The Morgan fingerprint density at radius 1 is 0.692 bits per heavy atom. The molecular weight excluding hydrogens is 342 g/mol. The van der Waals surface area contributed by atoms with Crippen molar-refractivity contribution < 1.29 is 8.42 Å². The van der Waals surface area contributed by atoms with E-state index in [2.05, 4.69) is 42.5 Å². The molecule has 3 nitrogen and oxygen atoms in total. The van der Waals surface area contributed by atoms with Crippen molar-refractivity contribution in [1.82, 2.24) is 4.31 Å². The molecule has 3 aromatic rings. The van der Waals surface area contributed by atoms with E-state index in [-0.39, 0.29) is 0 Å². The van der Waals surface area contributed by atoms with Crippen LogP contribution in [0.1, 0.15) is 16.7 Å². The Bertz CT molecular complexity index is 1060. The van der Waals surface area contributed by atoms with Crippen LogP contribution in [0.5, 0.6) is 0 Å². The average Bonchev–Trinajstić information content (AvgIpc) is 2.96. The first-order chi connectivity index (χ1) is 12.5. The smallest absolute Gasteiger partial charge is 0.207 e. The molecule has 1 aliphatic rings. The fraction of sp³-hybridized carbons (Fsp3) is 0.0909. The van der Waals surface area contributed by atoms with Crippen molar-refractivity contribution in [2.24, 2.45) is 0 Å². The van der Waals surface area contributed by atoms with Crippen LogP contribution in [0.25, 0.3) is 22.8 Å². The van der Waals surface area contributed by atoms with Crippen LogP contribution in [0.4, 0.5) is 0 Å². The molecule has 0 bridgehead atoms. The van der Waals surface area contributed by atoms with Crippen LogP contribution in [0, 0.1) is 0 Å². The molecule has 0 saturated carbocycles. The molecule has 4 heteroatoms. The average molecular weight is 361 g/mol. The maximum atomic E-state index is 12.2. The van der Waals surface area contributed by atoms with Gasteiger partial charge in [0, 0.05) is 14.1 Å². The second-order valence-corrected chi connectivity index (χ2v) is 8.66. The summed E-state index contributed by atoms with van der Waals surface area (Å²) in [6.07, 6.45) is 2.12. The first-order valence-corrected chi connectivity index (χ1v) is 9.86. The first kappa shape index (κ1) is 16.8. The molecule has 3 aromatic carbocycles. The quantitative estimate of drug-likeness (QED) is 0.538. The van der Waals surface area contributed by atoms with Crippen molar-refractivity contribution >= 4 is 21.7 Å². The summed E-state index contributed by atoms with van der Waals surface area (Å²) in [6.45, 7) is 0. The van der Waals surface area contributed by atoms with Gasteiger partial charge in [-0.1, -0.05) is 60.7 Å². The number of rotatable bonds is 3. The molecule has 0 radical (unpaired) electrons. The number of benzene rings is 3. The van der Waals surface area contributed by atoms with E-state index in [1.165, 1.54) is 46.2 Å². The van der Waals surface area contributed by atoms with E-state index in [9.17, 15) is 8.42 Å². The van der Waals surface area contributed by atoms with E-state index in [1.807, 2.05) is 24.3 Å². The Kier molecular flexibility index (Phi) is 4.02. The third-order valence-electron chi connectivity index (χ3n) is 4.69. The van der Waals surface area contributed by atoms with Crippen LogP contribution in [0.3, 0.4) is 0 Å². The van der Waals surface area contributed by atoms with Crippen molar-refractivity contribution in [1.29, 1.82) is 0 Å². The topological polar surface area (TPSA) is 37.4 Å². The molecule has 0 amide bonds. The van der Waals surface area contributed by atoms with E-state index in [1.54, 1.807) is 12.1 Å². The lowest BCUT2D eigenvalue weighted by molar-refractivity contribution is 0.521. The normalized spacial score (nSPS) is 12.8. The summed E-state index contributed by atoms with van der Waals surface area (Å²) in [7, 11) is -0.327. The van der Waals surface area contributed by atoms with Crippen LogP contribution in [-0.2, 0) is 10.0 Å². The minimum Gasteiger partial charge on any atom is -0.207 e. The van der Waals surface area contributed by atoms with Gasteiger partial charge in [-0.2, -0.15) is 0 Å². The number of hydrogen-bond acceptors (Lipinski definition) is 2. The SMILES string of the molecule is CN(C)S(=O)(=O)c1ccc(C=C2c3ccccc3-c3ccccc32)cc1. The molecule has 4 rings (SSSR count). The third kappa shape index (κ3) is 2.68. The molecule has 0 N–H and O–H groups in total. The lowest BCUT2D eigenvalue weighted by Crippen LogP contribution is -2.22. The number of sulfonamides is 1. The molecule has 0 unspecified atom stereocenters. The van der Waals surface area contributed by atoms with E-state index < -0.39 is 10.0 Å². The Labute approximate surface area is 154 Å². The highest BCUT2D eigenvalue weighted by molar-refractivity contribution is 7.89. The maximum Gasteiger partial charge on any atom is 0.242 e. The second-order valence-electron chi connectivity index (χ2n) is 6.51.